The highest BCUT2D eigenvalue weighted by molar-refractivity contribution is 6.31. The maximum Gasteiger partial charge on any atom is 0.213 e. The van der Waals surface area contributed by atoms with Crippen molar-refractivity contribution in [3.63, 3.8) is 0 Å². The normalized spacial score (nSPS) is 12.1. The first-order valence-electron chi connectivity index (χ1n) is 12.7. The summed E-state index contributed by atoms with van der Waals surface area (Å²) in [5.74, 6) is 0.786. The molecule has 0 aliphatic rings. The summed E-state index contributed by atoms with van der Waals surface area (Å²) in [7, 11) is 1.68. The Morgan fingerprint density at radius 2 is 1.37 bits per heavy atom. The minimum absolute atomic E-state index is 0.0560. The fourth-order valence-electron chi connectivity index (χ4n) is 5.14. The first-order chi connectivity index (χ1) is 17.0. The molecule has 0 aliphatic carbocycles. The summed E-state index contributed by atoms with van der Waals surface area (Å²) in [5, 5.41) is 2.38. The molecule has 7 heteroatoms. The third-order valence-electron chi connectivity index (χ3n) is 7.29. The summed E-state index contributed by atoms with van der Waals surface area (Å²) in [4.78, 5) is 18.8. The number of likely N-dealkylation sites (N-methyl/N-ethyl adjacent to an activating group) is 2. The third kappa shape index (κ3) is 4.80. The van der Waals surface area contributed by atoms with Gasteiger partial charge in [-0.2, -0.15) is 0 Å². The van der Waals surface area contributed by atoms with Gasteiger partial charge in [-0.25, -0.2) is 0 Å². The molecule has 2 aromatic carbocycles. The van der Waals surface area contributed by atoms with Gasteiger partial charge in [-0.3, -0.25) is 4.79 Å². The number of fused-ring (bicyclic) bond motifs is 4. The monoisotopic (exact) mass is 496 g/mol. The second kappa shape index (κ2) is 11.0. The maximum absolute atomic E-state index is 14.0. The predicted molar refractivity (Wildman–Crippen MR) is 148 cm³/mol. The molecule has 0 unspecified atom stereocenters. The molecule has 0 bridgehead atoms. The summed E-state index contributed by atoms with van der Waals surface area (Å²) >= 11 is 6.44. The number of ether oxygens (including phenoxy) is 1. The Balaban J connectivity index is 2.07. The lowest BCUT2D eigenvalue weighted by atomic mass is 10.1. The highest BCUT2D eigenvalue weighted by atomic mass is 35.5. The molecule has 0 N–H and O–H groups in total. The lowest BCUT2D eigenvalue weighted by molar-refractivity contribution is 0.292. The topological polar surface area (TPSA) is 42.6 Å². The van der Waals surface area contributed by atoms with E-state index in [1.165, 1.54) is 0 Å². The molecule has 188 valence electrons. The van der Waals surface area contributed by atoms with Crippen LogP contribution in [0.25, 0.3) is 32.8 Å². The van der Waals surface area contributed by atoms with Crippen molar-refractivity contribution in [3.8, 4) is 5.75 Å². The van der Waals surface area contributed by atoms with E-state index in [4.69, 9.17) is 16.3 Å². The van der Waals surface area contributed by atoms with E-state index >= 15 is 0 Å². The van der Waals surface area contributed by atoms with Crippen molar-refractivity contribution < 1.29 is 4.74 Å². The number of rotatable bonds is 11. The number of hydrogen-bond acceptors (Lipinski definition) is 4. The number of pyridine rings is 1. The largest absolute Gasteiger partial charge is 0.497 e. The van der Waals surface area contributed by atoms with Gasteiger partial charge in [0.15, 0.2) is 0 Å². The van der Waals surface area contributed by atoms with Gasteiger partial charge in [0.25, 0.3) is 0 Å². The minimum Gasteiger partial charge on any atom is -0.497 e. The summed E-state index contributed by atoms with van der Waals surface area (Å²) in [6.45, 7) is 15.9. The van der Waals surface area contributed by atoms with Crippen molar-refractivity contribution in [1.82, 2.24) is 18.9 Å². The smallest absolute Gasteiger partial charge is 0.213 e. The van der Waals surface area contributed by atoms with E-state index in [1.54, 1.807) is 7.11 Å². The van der Waals surface area contributed by atoms with Gasteiger partial charge in [0.05, 0.1) is 23.7 Å². The molecule has 0 amide bonds. The van der Waals surface area contributed by atoms with Gasteiger partial charge in [-0.1, -0.05) is 39.3 Å². The van der Waals surface area contributed by atoms with Crippen molar-refractivity contribution in [3.05, 3.63) is 51.6 Å². The average molecular weight is 497 g/mol. The molecular weight excluding hydrogens is 460 g/mol. The molecular formula is C28H37ClN4O2. The molecule has 0 saturated heterocycles. The number of benzene rings is 2. The summed E-state index contributed by atoms with van der Waals surface area (Å²) < 4.78 is 10.1. The van der Waals surface area contributed by atoms with E-state index in [0.29, 0.717) is 10.4 Å². The van der Waals surface area contributed by atoms with E-state index in [0.717, 1.165) is 85.6 Å². The number of hydrogen-bond donors (Lipinski definition) is 0. The van der Waals surface area contributed by atoms with E-state index in [9.17, 15) is 4.79 Å². The van der Waals surface area contributed by atoms with Gasteiger partial charge in [0, 0.05) is 42.0 Å². The van der Waals surface area contributed by atoms with Gasteiger partial charge < -0.3 is 23.7 Å². The first-order valence-corrected chi connectivity index (χ1v) is 13.1. The molecule has 0 saturated carbocycles. The number of methoxy groups -OCH3 is 1. The molecule has 0 fully saturated rings. The summed E-state index contributed by atoms with van der Waals surface area (Å²) in [6, 6.07) is 11.8. The van der Waals surface area contributed by atoms with Crippen LogP contribution in [-0.2, 0) is 13.1 Å². The van der Waals surface area contributed by atoms with Crippen LogP contribution in [-0.4, -0.2) is 65.3 Å². The van der Waals surface area contributed by atoms with E-state index in [1.807, 2.05) is 24.3 Å². The minimum atomic E-state index is 0.0560. The molecule has 6 nitrogen and oxygen atoms in total. The van der Waals surface area contributed by atoms with E-state index < -0.39 is 0 Å². The molecule has 0 atom stereocenters. The van der Waals surface area contributed by atoms with Crippen LogP contribution >= 0.6 is 11.6 Å². The standard InChI is InChI=1S/C28H37ClN4O2/c1-6-30(7-2)14-16-32-24-13-11-21(35-5)19-23(24)26-27(32)28(34)22-12-10-20(29)18-25(22)33(26)17-15-31(8-3)9-4/h10-13,18-19H,6-9,14-17H2,1-5H3. The van der Waals surface area contributed by atoms with Crippen LogP contribution in [0.2, 0.25) is 5.02 Å². The molecule has 0 radical (unpaired) electrons. The Kier molecular flexibility index (Phi) is 8.05. The molecule has 4 rings (SSSR count). The Morgan fingerprint density at radius 3 is 1.94 bits per heavy atom. The van der Waals surface area contributed by atoms with Crippen LogP contribution in [0.3, 0.4) is 0 Å². The van der Waals surface area contributed by atoms with Gasteiger partial charge in [0.2, 0.25) is 5.43 Å². The Morgan fingerprint density at radius 1 is 0.771 bits per heavy atom. The zero-order valence-corrected chi connectivity index (χ0v) is 22.4. The quantitative estimate of drug-likeness (QED) is 0.277. The highest BCUT2D eigenvalue weighted by Gasteiger charge is 2.21. The van der Waals surface area contributed by atoms with Crippen LogP contribution in [0.5, 0.6) is 5.75 Å². The van der Waals surface area contributed by atoms with Gasteiger partial charge >= 0.3 is 0 Å². The van der Waals surface area contributed by atoms with Crippen LogP contribution in [0.15, 0.2) is 41.2 Å². The van der Waals surface area contributed by atoms with E-state index in [-0.39, 0.29) is 5.43 Å². The lowest BCUT2D eigenvalue weighted by Gasteiger charge is -2.21. The average Bonchev–Trinajstić information content (AvgIpc) is 3.20. The highest BCUT2D eigenvalue weighted by Crippen LogP contribution is 2.33. The fraction of sp³-hybridized carbons (Fsp3) is 0.464. The number of halogens is 1. The maximum atomic E-state index is 14.0. The fourth-order valence-corrected chi connectivity index (χ4v) is 5.31. The molecule has 0 spiro atoms. The van der Waals surface area contributed by atoms with Crippen LogP contribution in [0, 0.1) is 0 Å². The predicted octanol–water partition coefficient (Wildman–Crippen LogP) is 5.46. The van der Waals surface area contributed by atoms with Crippen LogP contribution < -0.4 is 10.2 Å². The molecule has 35 heavy (non-hydrogen) atoms. The zero-order valence-electron chi connectivity index (χ0n) is 21.6. The van der Waals surface area contributed by atoms with Crippen molar-refractivity contribution in [2.24, 2.45) is 0 Å². The number of nitrogens with zero attached hydrogens (tertiary/aromatic N) is 4. The Hall–Kier alpha value is -2.54. The summed E-state index contributed by atoms with van der Waals surface area (Å²) in [6.07, 6.45) is 0. The molecule has 2 heterocycles. The second-order valence-electron chi connectivity index (χ2n) is 8.93. The van der Waals surface area contributed by atoms with Gasteiger partial charge in [-0.05, 0) is 62.6 Å². The van der Waals surface area contributed by atoms with Crippen LogP contribution in [0.4, 0.5) is 0 Å². The van der Waals surface area contributed by atoms with Crippen molar-refractivity contribution in [2.75, 3.05) is 46.4 Å². The molecule has 0 aliphatic heterocycles. The third-order valence-corrected chi connectivity index (χ3v) is 7.53. The zero-order chi connectivity index (χ0) is 25.1. The van der Waals surface area contributed by atoms with Crippen molar-refractivity contribution in [2.45, 2.75) is 40.8 Å². The Labute approximate surface area is 212 Å². The van der Waals surface area contributed by atoms with Gasteiger partial charge in [0.1, 0.15) is 11.3 Å². The van der Waals surface area contributed by atoms with Gasteiger partial charge in [-0.15, -0.1) is 0 Å². The second-order valence-corrected chi connectivity index (χ2v) is 9.36. The SMILES string of the molecule is CCN(CC)CCn1c2ccc(OC)cc2c2c1c(=O)c1ccc(Cl)cc1n2CCN(CC)CC. The van der Waals surface area contributed by atoms with Crippen molar-refractivity contribution in [1.29, 1.82) is 0 Å². The van der Waals surface area contributed by atoms with Crippen LogP contribution in [0.1, 0.15) is 27.7 Å². The molecule has 2 aromatic heterocycles. The van der Waals surface area contributed by atoms with Crippen molar-refractivity contribution >= 4 is 44.4 Å². The summed E-state index contributed by atoms with van der Waals surface area (Å²) in [5.41, 5.74) is 3.72. The first kappa shape index (κ1) is 25.5. The lowest BCUT2D eigenvalue weighted by Crippen LogP contribution is -2.28. The number of aromatic nitrogens is 2. The Bertz CT molecular complexity index is 1380. The van der Waals surface area contributed by atoms with E-state index in [2.05, 4.69) is 58.8 Å². The molecule has 4 aromatic rings.